The van der Waals surface area contributed by atoms with E-state index in [0.717, 1.165) is 10.9 Å². The second-order valence-electron chi connectivity index (χ2n) is 3.47. The maximum atomic E-state index is 9.98. The van der Waals surface area contributed by atoms with Crippen LogP contribution in [0.15, 0.2) is 54.6 Å². The van der Waals surface area contributed by atoms with Crippen LogP contribution in [0.25, 0.3) is 0 Å². The van der Waals surface area contributed by atoms with Gasteiger partial charge in [-0.1, -0.05) is 0 Å². The molecule has 0 fully saturated rings. The summed E-state index contributed by atoms with van der Waals surface area (Å²) in [5.74, 6) is 0. The second-order valence-corrected chi connectivity index (χ2v) is 5.77. The van der Waals surface area contributed by atoms with E-state index in [0.29, 0.717) is 15.0 Å². The van der Waals surface area contributed by atoms with Crippen molar-refractivity contribution in [3.05, 3.63) is 66.2 Å². The molecule has 1 nitrogen and oxygen atoms in total. The van der Waals surface area contributed by atoms with Gasteiger partial charge in [-0.2, -0.15) is 0 Å². The maximum absolute atomic E-state index is 9.98. The molecular weight excluding hydrogens is 263 g/mol. The molecule has 0 heterocycles. The summed E-state index contributed by atoms with van der Waals surface area (Å²) in [6, 6.07) is 20.8. The molecule has 2 aromatic rings. The van der Waals surface area contributed by atoms with Crippen molar-refractivity contribution in [2.45, 2.75) is 11.4 Å². The van der Waals surface area contributed by atoms with E-state index in [1.54, 1.807) is 0 Å². The number of benzene rings is 2. The Morgan fingerprint density at radius 1 is 1.06 bits per heavy atom. The molecule has 0 aliphatic rings. The van der Waals surface area contributed by atoms with Crippen LogP contribution in [0, 0.1) is 6.07 Å². The minimum absolute atomic E-state index is 0.334. The van der Waals surface area contributed by atoms with E-state index in [1.807, 2.05) is 42.5 Å². The van der Waals surface area contributed by atoms with Crippen molar-refractivity contribution >= 4 is 19.4 Å². The summed E-state index contributed by atoms with van der Waals surface area (Å²) >= 11 is 0.334. The first-order valence-electron chi connectivity index (χ1n) is 5.18. The summed E-state index contributed by atoms with van der Waals surface area (Å²) in [5, 5.41) is 10.8. The normalized spacial score (nSPS) is 12.3. The third-order valence-corrected chi connectivity index (χ3v) is 4.56. The zero-order valence-corrected chi connectivity index (χ0v) is 10.5. The van der Waals surface area contributed by atoms with E-state index in [2.05, 4.69) is 18.2 Å². The molecule has 0 aliphatic carbocycles. The number of hydrogen-bond acceptors (Lipinski definition) is 1. The Hall–Kier alpha value is -1.08. The Bertz CT molecular complexity index is 413. The topological polar surface area (TPSA) is 20.2 Å². The van der Waals surface area contributed by atoms with Crippen molar-refractivity contribution in [3.63, 3.8) is 0 Å². The molecular formula is C14H13OSe. The zero-order valence-electron chi connectivity index (χ0n) is 8.84. The molecule has 81 valence electrons. The van der Waals surface area contributed by atoms with Crippen LogP contribution in [0.5, 0.6) is 0 Å². The van der Waals surface area contributed by atoms with Crippen LogP contribution in [-0.2, 0) is 0 Å². The molecule has 1 N–H and O–H groups in total. The number of hydrogen-bond donors (Lipinski definition) is 1. The summed E-state index contributed by atoms with van der Waals surface area (Å²) in [5.41, 5.74) is 0.983. The Morgan fingerprint density at radius 3 is 2.44 bits per heavy atom. The molecule has 0 unspecified atom stereocenters. The molecule has 0 aromatic heterocycles. The second kappa shape index (κ2) is 5.86. The molecule has 1 atom stereocenters. The average Bonchev–Trinajstić information content (AvgIpc) is 2.38. The molecule has 0 amide bonds. The van der Waals surface area contributed by atoms with Crippen molar-refractivity contribution in [1.29, 1.82) is 0 Å². The minimum atomic E-state index is -0.352. The number of aliphatic hydroxyl groups is 1. The van der Waals surface area contributed by atoms with E-state index in [9.17, 15) is 5.11 Å². The summed E-state index contributed by atoms with van der Waals surface area (Å²) < 4.78 is 1.33. The third kappa shape index (κ3) is 3.21. The van der Waals surface area contributed by atoms with Crippen LogP contribution in [0.3, 0.4) is 0 Å². The monoisotopic (exact) mass is 277 g/mol. The number of aliphatic hydroxyl groups excluding tert-OH is 1. The molecule has 0 bridgehead atoms. The van der Waals surface area contributed by atoms with Gasteiger partial charge in [-0.3, -0.25) is 0 Å². The Kier molecular flexibility index (Phi) is 4.17. The van der Waals surface area contributed by atoms with Gasteiger partial charge in [0.1, 0.15) is 0 Å². The fraction of sp³-hybridized carbons (Fsp3) is 0.143. The van der Waals surface area contributed by atoms with Crippen LogP contribution in [-0.4, -0.2) is 20.1 Å². The first-order chi connectivity index (χ1) is 7.86. The van der Waals surface area contributed by atoms with Gasteiger partial charge in [0.15, 0.2) is 0 Å². The molecule has 0 spiro atoms. The molecule has 2 rings (SSSR count). The standard InChI is InChI=1S/C14H13OSe/c15-14(12-7-3-1-4-8-12)11-16-13-9-5-2-6-10-13/h2-10,14-15H,11H2/t14-/m0/s1. The molecule has 2 aromatic carbocycles. The van der Waals surface area contributed by atoms with Gasteiger partial charge in [0.25, 0.3) is 0 Å². The molecule has 1 radical (unpaired) electrons. The van der Waals surface area contributed by atoms with Gasteiger partial charge >= 0.3 is 102 Å². The zero-order chi connectivity index (χ0) is 11.2. The van der Waals surface area contributed by atoms with Gasteiger partial charge < -0.3 is 0 Å². The molecule has 0 saturated carbocycles. The van der Waals surface area contributed by atoms with Crippen LogP contribution < -0.4 is 4.46 Å². The third-order valence-electron chi connectivity index (χ3n) is 2.28. The van der Waals surface area contributed by atoms with Crippen LogP contribution in [0.1, 0.15) is 11.7 Å². The van der Waals surface area contributed by atoms with Crippen molar-refractivity contribution in [2.75, 3.05) is 0 Å². The van der Waals surface area contributed by atoms with E-state index in [1.165, 1.54) is 4.46 Å². The molecule has 16 heavy (non-hydrogen) atoms. The van der Waals surface area contributed by atoms with E-state index >= 15 is 0 Å². The Balaban J connectivity index is 1.92. The molecule has 0 aliphatic heterocycles. The summed E-state index contributed by atoms with van der Waals surface area (Å²) in [6.07, 6.45) is -0.352. The Labute approximate surface area is 102 Å². The fourth-order valence-electron chi connectivity index (χ4n) is 1.41. The van der Waals surface area contributed by atoms with Crippen molar-refractivity contribution in [2.24, 2.45) is 0 Å². The van der Waals surface area contributed by atoms with Crippen LogP contribution >= 0.6 is 0 Å². The van der Waals surface area contributed by atoms with E-state index in [-0.39, 0.29) is 6.10 Å². The van der Waals surface area contributed by atoms with Gasteiger partial charge in [-0.25, -0.2) is 0 Å². The van der Waals surface area contributed by atoms with Gasteiger partial charge in [0.05, 0.1) is 0 Å². The molecule has 2 heteroatoms. The average molecular weight is 276 g/mol. The van der Waals surface area contributed by atoms with Crippen molar-refractivity contribution in [3.8, 4) is 0 Å². The first kappa shape index (κ1) is 11.4. The van der Waals surface area contributed by atoms with Gasteiger partial charge in [0, 0.05) is 0 Å². The van der Waals surface area contributed by atoms with Crippen molar-refractivity contribution < 1.29 is 5.11 Å². The predicted molar refractivity (Wildman–Crippen MR) is 66.9 cm³/mol. The SMILES string of the molecule is O[C@@H](C[Se]c1ccccc1)c1cc[c]cc1. The fourth-order valence-corrected chi connectivity index (χ4v) is 3.28. The summed E-state index contributed by atoms with van der Waals surface area (Å²) in [4.78, 5) is 0. The van der Waals surface area contributed by atoms with Crippen molar-refractivity contribution in [1.82, 2.24) is 0 Å². The summed E-state index contributed by atoms with van der Waals surface area (Å²) in [6.45, 7) is 0. The first-order valence-corrected chi connectivity index (χ1v) is 7.25. The van der Waals surface area contributed by atoms with Gasteiger partial charge in [-0.15, -0.1) is 0 Å². The predicted octanol–water partition coefficient (Wildman–Crippen LogP) is 1.97. The van der Waals surface area contributed by atoms with Gasteiger partial charge in [-0.05, 0) is 0 Å². The molecule has 0 saturated heterocycles. The van der Waals surface area contributed by atoms with Crippen LogP contribution in [0.4, 0.5) is 0 Å². The van der Waals surface area contributed by atoms with Crippen LogP contribution in [0.2, 0.25) is 5.32 Å². The summed E-state index contributed by atoms with van der Waals surface area (Å²) in [7, 11) is 0. The Morgan fingerprint density at radius 2 is 1.75 bits per heavy atom. The van der Waals surface area contributed by atoms with Gasteiger partial charge in [0.2, 0.25) is 0 Å². The van der Waals surface area contributed by atoms with E-state index < -0.39 is 0 Å². The quantitative estimate of drug-likeness (QED) is 0.846. The number of rotatable bonds is 4. The van der Waals surface area contributed by atoms with E-state index in [4.69, 9.17) is 0 Å².